The summed E-state index contributed by atoms with van der Waals surface area (Å²) in [4.78, 5) is 0. The summed E-state index contributed by atoms with van der Waals surface area (Å²) in [6.07, 6.45) is -10.1. The van der Waals surface area contributed by atoms with E-state index in [9.17, 15) is 30.6 Å². The molecule has 3 rings (SSSR count). The van der Waals surface area contributed by atoms with Gasteiger partial charge in [0.05, 0.1) is 44.5 Å². The minimum atomic E-state index is -5.17. The van der Waals surface area contributed by atoms with Gasteiger partial charge < -0.3 is 0 Å². The molecule has 0 saturated carbocycles. The topological polar surface area (TPSA) is 53.3 Å². The molecule has 4 nitrogen and oxygen atoms in total. The van der Waals surface area contributed by atoms with E-state index in [4.69, 9.17) is 44.2 Å². The van der Waals surface area contributed by atoms with Crippen molar-refractivity contribution in [3.05, 3.63) is 62.1 Å². The van der Waals surface area contributed by atoms with Crippen LogP contribution >= 0.6 is 34.8 Å². The van der Waals surface area contributed by atoms with Gasteiger partial charge in [-0.05, 0) is 35.9 Å². The second kappa shape index (κ2) is 8.01. The van der Waals surface area contributed by atoms with Gasteiger partial charge in [0.2, 0.25) is 5.60 Å². The van der Waals surface area contributed by atoms with E-state index in [1.807, 2.05) is 0 Å². The molecule has 14 heteroatoms. The van der Waals surface area contributed by atoms with Crippen molar-refractivity contribution in [2.45, 2.75) is 18.0 Å². The van der Waals surface area contributed by atoms with Gasteiger partial charge >= 0.3 is 12.4 Å². The molecular formula is C17H7Cl3F6N2O2S. The fourth-order valence-electron chi connectivity index (χ4n) is 2.87. The van der Waals surface area contributed by atoms with Gasteiger partial charge in [0.25, 0.3) is 11.3 Å². The number of alkyl halides is 6. The summed E-state index contributed by atoms with van der Waals surface area (Å²) >= 11 is 14.6. The number of halogens is 9. The first kappa shape index (κ1) is 23.9. The zero-order valence-electron chi connectivity index (χ0n) is 14.6. The fraction of sp³-hybridized carbons (Fsp3) is 0.235. The predicted molar refractivity (Wildman–Crippen MR) is 102 cm³/mol. The maximum Gasteiger partial charge on any atom is 0.424 e. The van der Waals surface area contributed by atoms with Gasteiger partial charge in [-0.3, -0.25) is 8.49 Å². The summed E-state index contributed by atoms with van der Waals surface area (Å²) in [7, 11) is 0. The molecule has 0 radical (unpaired) electrons. The van der Waals surface area contributed by atoms with Gasteiger partial charge in [0.1, 0.15) is 0 Å². The van der Waals surface area contributed by atoms with E-state index in [1.54, 1.807) is 0 Å². The van der Waals surface area contributed by atoms with Crippen LogP contribution in [0.1, 0.15) is 16.7 Å². The Morgan fingerprint density at radius 1 is 1.06 bits per heavy atom. The quantitative estimate of drug-likeness (QED) is 0.338. The Labute approximate surface area is 188 Å². The first-order chi connectivity index (χ1) is 14.2. The Morgan fingerprint density at radius 2 is 1.65 bits per heavy atom. The Kier molecular flexibility index (Phi) is 6.19. The van der Waals surface area contributed by atoms with Crippen molar-refractivity contribution in [2.24, 2.45) is 0 Å². The molecule has 1 heterocycles. The zero-order chi connectivity index (χ0) is 23.4. The molecule has 1 aliphatic heterocycles. The number of anilines is 1. The largest absolute Gasteiger partial charge is 0.424 e. The molecule has 2 atom stereocenters. The van der Waals surface area contributed by atoms with Crippen LogP contribution in [0.5, 0.6) is 0 Å². The standard InChI is InChI=1S/C17H7Cl3F6N2O2S/c18-12-3-9(4-13(19)14(12)20)15(17(24,25)26)7-28(31(29)30-15)10-2-1-8(6-27)11(5-10)16(21,22)23/h1-5H,7H2/t15-,31+/m0/s1. The monoisotopic (exact) mass is 522 g/mol. The second-order valence-corrected chi connectivity index (χ2v) is 8.49. The lowest BCUT2D eigenvalue weighted by atomic mass is 9.92. The molecule has 31 heavy (non-hydrogen) atoms. The Balaban J connectivity index is 2.14. The Hall–Kier alpha value is -1.71. The molecule has 1 saturated heterocycles. The molecular weight excluding hydrogens is 517 g/mol. The second-order valence-electron chi connectivity index (χ2n) is 6.26. The SMILES string of the molecule is N#Cc1ccc(N2C[C@](c3cc(Cl)c(Cl)c(Cl)c3)(C(F)(F)F)O[S@]2=O)cc1C(F)(F)F. The molecule has 0 aromatic heterocycles. The Morgan fingerprint density at radius 3 is 2.13 bits per heavy atom. The zero-order valence-corrected chi connectivity index (χ0v) is 17.7. The smallest absolute Gasteiger partial charge is 0.265 e. The van der Waals surface area contributed by atoms with Crippen LogP contribution in [-0.4, -0.2) is 16.9 Å². The molecule has 2 aromatic rings. The van der Waals surface area contributed by atoms with Crippen molar-refractivity contribution in [1.29, 1.82) is 5.26 Å². The van der Waals surface area contributed by atoms with E-state index in [1.165, 1.54) is 6.07 Å². The third-order valence-corrected chi connectivity index (χ3v) is 6.71. The first-order valence-corrected chi connectivity index (χ1v) is 10.1. The highest BCUT2D eigenvalue weighted by Crippen LogP contribution is 2.50. The molecule has 0 spiro atoms. The van der Waals surface area contributed by atoms with Crippen LogP contribution in [0, 0.1) is 11.3 Å². The molecule has 1 aliphatic rings. The van der Waals surface area contributed by atoms with Gasteiger partial charge in [-0.25, -0.2) is 4.21 Å². The van der Waals surface area contributed by atoms with Crippen molar-refractivity contribution < 1.29 is 34.7 Å². The third-order valence-electron chi connectivity index (χ3n) is 4.38. The molecule has 0 bridgehead atoms. The molecule has 0 amide bonds. The van der Waals surface area contributed by atoms with Crippen molar-refractivity contribution in [2.75, 3.05) is 10.8 Å². The third kappa shape index (κ3) is 4.19. The lowest BCUT2D eigenvalue weighted by molar-refractivity contribution is -0.242. The number of hydrogen-bond donors (Lipinski definition) is 0. The Bertz CT molecular complexity index is 1100. The lowest BCUT2D eigenvalue weighted by Crippen LogP contribution is -2.46. The van der Waals surface area contributed by atoms with Crippen molar-refractivity contribution in [1.82, 2.24) is 0 Å². The van der Waals surface area contributed by atoms with Crippen molar-refractivity contribution in [3.8, 4) is 6.07 Å². The van der Waals surface area contributed by atoms with Crippen LogP contribution in [0.25, 0.3) is 0 Å². The van der Waals surface area contributed by atoms with Crippen LogP contribution in [0.3, 0.4) is 0 Å². The highest BCUT2D eigenvalue weighted by Gasteiger charge is 2.64. The van der Waals surface area contributed by atoms with Crippen LogP contribution in [0.2, 0.25) is 15.1 Å². The van der Waals surface area contributed by atoms with Crippen LogP contribution < -0.4 is 4.31 Å². The number of benzene rings is 2. The minimum Gasteiger partial charge on any atom is -0.265 e. The predicted octanol–water partition coefficient (Wildman–Crippen LogP) is 6.41. The minimum absolute atomic E-state index is 0.220. The summed E-state index contributed by atoms with van der Waals surface area (Å²) in [6, 6.07) is 5.12. The average molecular weight is 524 g/mol. The maximum atomic E-state index is 14.1. The van der Waals surface area contributed by atoms with E-state index >= 15 is 0 Å². The summed E-state index contributed by atoms with van der Waals surface area (Å²) in [6.45, 7) is -1.18. The summed E-state index contributed by atoms with van der Waals surface area (Å²) in [5, 5.41) is 7.98. The number of nitrogens with zero attached hydrogens (tertiary/aromatic N) is 2. The number of rotatable bonds is 2. The van der Waals surface area contributed by atoms with Gasteiger partial charge in [-0.15, -0.1) is 0 Å². The van der Waals surface area contributed by atoms with E-state index < -0.39 is 58.1 Å². The fourth-order valence-corrected chi connectivity index (χ4v) is 4.62. The lowest BCUT2D eigenvalue weighted by Gasteiger charge is -2.29. The number of hydrogen-bond acceptors (Lipinski definition) is 3. The molecule has 1 fully saturated rings. The summed E-state index contributed by atoms with van der Waals surface area (Å²) in [5.41, 5.74) is -6.52. The highest BCUT2D eigenvalue weighted by atomic mass is 35.5. The first-order valence-electron chi connectivity index (χ1n) is 7.93. The van der Waals surface area contributed by atoms with E-state index in [0.29, 0.717) is 10.4 Å². The normalized spacial score (nSPS) is 21.9. The maximum absolute atomic E-state index is 14.1. The van der Waals surface area contributed by atoms with E-state index in [-0.39, 0.29) is 15.1 Å². The van der Waals surface area contributed by atoms with Gasteiger partial charge in [0.15, 0.2) is 0 Å². The van der Waals surface area contributed by atoms with E-state index in [0.717, 1.165) is 24.3 Å². The van der Waals surface area contributed by atoms with Gasteiger partial charge in [-0.1, -0.05) is 34.8 Å². The van der Waals surface area contributed by atoms with Crippen molar-refractivity contribution in [3.63, 3.8) is 0 Å². The summed E-state index contributed by atoms with van der Waals surface area (Å²) in [5.74, 6) is 0. The highest BCUT2D eigenvalue weighted by molar-refractivity contribution is 7.82. The van der Waals surface area contributed by atoms with Crippen molar-refractivity contribution >= 4 is 51.8 Å². The molecule has 0 N–H and O–H groups in total. The molecule has 0 unspecified atom stereocenters. The summed E-state index contributed by atoms with van der Waals surface area (Å²) < 4.78 is 99.7. The number of nitriles is 1. The van der Waals surface area contributed by atoms with Crippen LogP contribution in [-0.2, 0) is 27.2 Å². The van der Waals surface area contributed by atoms with Gasteiger partial charge in [0, 0.05) is 0 Å². The molecule has 2 aromatic carbocycles. The van der Waals surface area contributed by atoms with Crippen LogP contribution in [0.15, 0.2) is 30.3 Å². The molecule has 166 valence electrons. The van der Waals surface area contributed by atoms with E-state index in [2.05, 4.69) is 0 Å². The van der Waals surface area contributed by atoms with Gasteiger partial charge in [-0.2, -0.15) is 31.6 Å². The average Bonchev–Trinajstić information content (AvgIpc) is 3.03. The molecule has 0 aliphatic carbocycles. The van der Waals surface area contributed by atoms with Crippen LogP contribution in [0.4, 0.5) is 32.0 Å².